The zero-order valence-corrected chi connectivity index (χ0v) is 27.4. The second-order valence-corrected chi connectivity index (χ2v) is 12.9. The molecule has 0 aliphatic rings. The van der Waals surface area contributed by atoms with Crippen molar-refractivity contribution in [3.05, 3.63) is 194 Å². The van der Waals surface area contributed by atoms with Gasteiger partial charge in [0.1, 0.15) is 0 Å². The molecule has 0 atom stereocenters. The van der Waals surface area contributed by atoms with Crippen molar-refractivity contribution in [3.63, 3.8) is 0 Å². The standard InChI is InChI=1S/C48H32N2/c1-2-21-37(22-3-1)49-45-28-11-10-27-42(45)48-46(49)32-35-17-6-9-26-41(35)47(48)36-20-12-23-38(31-36)50(43-29-13-18-33-15-4-7-24-39(33)43)44-30-14-19-34-16-5-8-25-40(34)44/h1-32H. The van der Waals surface area contributed by atoms with E-state index in [9.17, 15) is 0 Å². The Hall–Kier alpha value is -6.64. The van der Waals surface area contributed by atoms with Crippen molar-refractivity contribution in [2.75, 3.05) is 4.90 Å². The third-order valence-corrected chi connectivity index (χ3v) is 10.1. The minimum Gasteiger partial charge on any atom is -0.309 e. The van der Waals surface area contributed by atoms with Gasteiger partial charge in [0.2, 0.25) is 0 Å². The molecule has 0 saturated carbocycles. The van der Waals surface area contributed by atoms with Gasteiger partial charge in [-0.05, 0) is 81.2 Å². The Morgan fingerprint density at radius 2 is 0.900 bits per heavy atom. The molecular weight excluding hydrogens is 605 g/mol. The first kappa shape index (κ1) is 28.4. The Labute approximate surface area is 290 Å². The lowest BCUT2D eigenvalue weighted by Crippen LogP contribution is -2.11. The monoisotopic (exact) mass is 636 g/mol. The third-order valence-electron chi connectivity index (χ3n) is 10.1. The molecule has 0 fully saturated rings. The zero-order valence-electron chi connectivity index (χ0n) is 27.4. The first-order chi connectivity index (χ1) is 24.8. The number of fused-ring (bicyclic) bond motifs is 6. The number of hydrogen-bond donors (Lipinski definition) is 0. The number of benzene rings is 9. The van der Waals surface area contributed by atoms with Crippen molar-refractivity contribution in [3.8, 4) is 16.8 Å². The number of para-hydroxylation sites is 2. The van der Waals surface area contributed by atoms with Gasteiger partial charge >= 0.3 is 0 Å². The van der Waals surface area contributed by atoms with Crippen LogP contribution in [0.4, 0.5) is 17.1 Å². The van der Waals surface area contributed by atoms with Gasteiger partial charge in [-0.1, -0.05) is 146 Å². The Balaban J connectivity index is 1.30. The summed E-state index contributed by atoms with van der Waals surface area (Å²) in [6, 6.07) is 70.5. The number of nitrogens with zero attached hydrogens (tertiary/aromatic N) is 2. The van der Waals surface area contributed by atoms with Gasteiger partial charge in [-0.3, -0.25) is 0 Å². The normalized spacial score (nSPS) is 11.6. The molecule has 0 bridgehead atoms. The topological polar surface area (TPSA) is 8.17 Å². The van der Waals surface area contributed by atoms with Crippen molar-refractivity contribution in [1.29, 1.82) is 0 Å². The van der Waals surface area contributed by atoms with E-state index in [1.165, 1.54) is 65.3 Å². The lowest BCUT2D eigenvalue weighted by atomic mass is 9.92. The molecule has 0 unspecified atom stereocenters. The third kappa shape index (κ3) is 4.43. The molecule has 10 aromatic rings. The van der Waals surface area contributed by atoms with Crippen LogP contribution in [0.15, 0.2) is 194 Å². The lowest BCUT2D eigenvalue weighted by molar-refractivity contribution is 1.18. The van der Waals surface area contributed by atoms with E-state index in [-0.39, 0.29) is 0 Å². The Kier molecular flexibility index (Phi) is 6.53. The maximum Gasteiger partial charge on any atom is 0.0553 e. The van der Waals surface area contributed by atoms with E-state index in [2.05, 4.69) is 204 Å². The molecule has 0 aliphatic carbocycles. The van der Waals surface area contributed by atoms with Crippen LogP contribution in [-0.2, 0) is 0 Å². The smallest absolute Gasteiger partial charge is 0.0553 e. The summed E-state index contributed by atoms with van der Waals surface area (Å²) in [6.45, 7) is 0. The summed E-state index contributed by atoms with van der Waals surface area (Å²) in [5.41, 5.74) is 9.42. The van der Waals surface area contributed by atoms with Gasteiger partial charge in [-0.15, -0.1) is 0 Å². The van der Waals surface area contributed by atoms with Crippen LogP contribution in [-0.4, -0.2) is 4.57 Å². The fourth-order valence-corrected chi connectivity index (χ4v) is 7.96. The van der Waals surface area contributed by atoms with Crippen molar-refractivity contribution >= 4 is 71.2 Å². The van der Waals surface area contributed by atoms with Crippen molar-refractivity contribution in [2.45, 2.75) is 0 Å². The zero-order chi connectivity index (χ0) is 33.0. The van der Waals surface area contributed by atoms with Crippen LogP contribution < -0.4 is 4.90 Å². The molecule has 0 aliphatic heterocycles. The number of anilines is 3. The van der Waals surface area contributed by atoms with Gasteiger partial charge in [-0.25, -0.2) is 0 Å². The lowest BCUT2D eigenvalue weighted by Gasteiger charge is -2.28. The number of rotatable bonds is 5. The quantitative estimate of drug-likeness (QED) is 0.182. The minimum absolute atomic E-state index is 1.11. The second kappa shape index (κ2) is 11.5. The maximum absolute atomic E-state index is 2.45. The highest BCUT2D eigenvalue weighted by molar-refractivity contribution is 6.23. The van der Waals surface area contributed by atoms with Crippen molar-refractivity contribution in [1.82, 2.24) is 4.57 Å². The van der Waals surface area contributed by atoms with Crippen LogP contribution in [0, 0.1) is 0 Å². The van der Waals surface area contributed by atoms with Crippen LogP contribution in [0.1, 0.15) is 0 Å². The van der Waals surface area contributed by atoms with Gasteiger partial charge in [0.25, 0.3) is 0 Å². The van der Waals surface area contributed by atoms with E-state index >= 15 is 0 Å². The largest absolute Gasteiger partial charge is 0.309 e. The van der Waals surface area contributed by atoms with Gasteiger partial charge in [0.15, 0.2) is 0 Å². The van der Waals surface area contributed by atoms with Crippen LogP contribution in [0.25, 0.3) is 70.9 Å². The summed E-state index contributed by atoms with van der Waals surface area (Å²) in [7, 11) is 0. The molecule has 1 heterocycles. The average molecular weight is 637 g/mol. The van der Waals surface area contributed by atoms with E-state index in [1.807, 2.05) is 0 Å². The predicted octanol–water partition coefficient (Wildman–Crippen LogP) is 13.4. The molecule has 50 heavy (non-hydrogen) atoms. The summed E-state index contributed by atoms with van der Waals surface area (Å²) in [5, 5.41) is 9.85. The van der Waals surface area contributed by atoms with E-state index in [1.54, 1.807) is 0 Å². The van der Waals surface area contributed by atoms with Crippen LogP contribution in [0.5, 0.6) is 0 Å². The van der Waals surface area contributed by atoms with Crippen molar-refractivity contribution < 1.29 is 0 Å². The molecule has 0 N–H and O–H groups in total. The molecule has 0 amide bonds. The van der Waals surface area contributed by atoms with Gasteiger partial charge in [0, 0.05) is 32.9 Å². The minimum atomic E-state index is 1.11. The fourth-order valence-electron chi connectivity index (χ4n) is 7.96. The molecule has 0 radical (unpaired) electrons. The SMILES string of the molecule is c1ccc(-n2c3ccccc3c3c(-c4cccc(N(c5cccc6ccccc56)c5cccc6ccccc56)c4)c4ccccc4cc32)cc1. The highest BCUT2D eigenvalue weighted by atomic mass is 15.1. The van der Waals surface area contributed by atoms with E-state index in [0.717, 1.165) is 22.7 Å². The predicted molar refractivity (Wildman–Crippen MR) is 213 cm³/mol. The first-order valence-corrected chi connectivity index (χ1v) is 17.2. The number of aromatic nitrogens is 1. The molecule has 9 aromatic carbocycles. The molecule has 234 valence electrons. The van der Waals surface area contributed by atoms with Crippen LogP contribution in [0.3, 0.4) is 0 Å². The van der Waals surface area contributed by atoms with E-state index in [4.69, 9.17) is 0 Å². The number of hydrogen-bond acceptors (Lipinski definition) is 1. The van der Waals surface area contributed by atoms with Crippen LogP contribution in [0.2, 0.25) is 0 Å². The average Bonchev–Trinajstić information content (AvgIpc) is 3.51. The van der Waals surface area contributed by atoms with Crippen molar-refractivity contribution in [2.24, 2.45) is 0 Å². The summed E-state index contributed by atoms with van der Waals surface area (Å²) in [6.07, 6.45) is 0. The van der Waals surface area contributed by atoms with Crippen LogP contribution >= 0.6 is 0 Å². The summed E-state index contributed by atoms with van der Waals surface area (Å²) in [4.78, 5) is 2.45. The molecule has 1 aromatic heterocycles. The van der Waals surface area contributed by atoms with Gasteiger partial charge in [0.05, 0.1) is 22.4 Å². The highest BCUT2D eigenvalue weighted by Gasteiger charge is 2.22. The van der Waals surface area contributed by atoms with E-state index < -0.39 is 0 Å². The highest BCUT2D eigenvalue weighted by Crippen LogP contribution is 2.46. The molecule has 2 nitrogen and oxygen atoms in total. The fraction of sp³-hybridized carbons (Fsp3) is 0. The summed E-state index contributed by atoms with van der Waals surface area (Å²) < 4.78 is 2.42. The van der Waals surface area contributed by atoms with Gasteiger partial charge in [-0.2, -0.15) is 0 Å². The summed E-state index contributed by atoms with van der Waals surface area (Å²) >= 11 is 0. The molecule has 10 rings (SSSR count). The Morgan fingerprint density at radius 3 is 1.60 bits per heavy atom. The molecule has 0 spiro atoms. The molecular formula is C48H32N2. The maximum atomic E-state index is 2.45. The molecule has 0 saturated heterocycles. The van der Waals surface area contributed by atoms with E-state index in [0.29, 0.717) is 0 Å². The Morgan fingerprint density at radius 1 is 0.360 bits per heavy atom. The molecule has 2 heteroatoms. The summed E-state index contributed by atoms with van der Waals surface area (Å²) in [5.74, 6) is 0. The second-order valence-electron chi connectivity index (χ2n) is 12.9. The Bertz CT molecular complexity index is 2790. The van der Waals surface area contributed by atoms with Gasteiger partial charge < -0.3 is 9.47 Å². The first-order valence-electron chi connectivity index (χ1n) is 17.2.